The zero-order valence-electron chi connectivity index (χ0n) is 16.2. The van der Waals surface area contributed by atoms with E-state index in [2.05, 4.69) is 16.0 Å². The molecule has 10 nitrogen and oxygen atoms in total. The lowest BCUT2D eigenvalue weighted by atomic mass is 10.1. The van der Waals surface area contributed by atoms with Gasteiger partial charge in [0.15, 0.2) is 5.03 Å². The van der Waals surface area contributed by atoms with Gasteiger partial charge in [-0.1, -0.05) is 19.3 Å². The number of hydrogen-bond donors (Lipinski definition) is 5. The molecule has 0 saturated carbocycles. The lowest BCUT2D eigenvalue weighted by molar-refractivity contribution is -0.525. The van der Waals surface area contributed by atoms with E-state index < -0.39 is 17.0 Å². The highest BCUT2D eigenvalue weighted by atomic mass is 32.1. The highest BCUT2D eigenvalue weighted by Crippen LogP contribution is 2.15. The van der Waals surface area contributed by atoms with Gasteiger partial charge < -0.3 is 16.0 Å². The second-order valence-corrected chi connectivity index (χ2v) is 7.88. The second-order valence-electron chi connectivity index (χ2n) is 6.59. The summed E-state index contributed by atoms with van der Waals surface area (Å²) in [6.45, 7) is 7.87. The molecule has 0 bridgehead atoms. The molecule has 0 aliphatic heterocycles. The van der Waals surface area contributed by atoms with Gasteiger partial charge in [0.1, 0.15) is 6.04 Å². The van der Waals surface area contributed by atoms with E-state index in [4.69, 9.17) is 5.41 Å². The molecule has 2 amide bonds. The fourth-order valence-electron chi connectivity index (χ4n) is 2.20. The van der Waals surface area contributed by atoms with E-state index in [1.807, 2.05) is 26.8 Å². The summed E-state index contributed by atoms with van der Waals surface area (Å²) in [5.41, 5.74) is 1.69. The Kier molecular flexibility index (Phi) is 9.93. The molecule has 28 heavy (non-hydrogen) atoms. The van der Waals surface area contributed by atoms with Crippen molar-refractivity contribution in [3.05, 3.63) is 38.5 Å². The normalized spacial score (nSPS) is 11.6. The third kappa shape index (κ3) is 9.31. The van der Waals surface area contributed by atoms with Crippen LogP contribution in [-0.4, -0.2) is 35.4 Å². The minimum Gasteiger partial charge on any atom is -0.352 e. The quantitative estimate of drug-likeness (QED) is 0.123. The molecule has 155 valence electrons. The molecule has 0 aliphatic rings. The number of nitro groups is 1. The van der Waals surface area contributed by atoms with Crippen molar-refractivity contribution in [2.45, 2.75) is 46.1 Å². The number of rotatable bonds is 11. The Bertz CT molecular complexity index is 691. The molecule has 1 aromatic rings. The average Bonchev–Trinajstić information content (AvgIpc) is 3.03. The van der Waals surface area contributed by atoms with E-state index >= 15 is 0 Å². The van der Waals surface area contributed by atoms with E-state index in [1.165, 1.54) is 11.3 Å². The van der Waals surface area contributed by atoms with Gasteiger partial charge in [0.25, 0.3) is 11.9 Å². The Labute approximate surface area is 168 Å². The van der Waals surface area contributed by atoms with Crippen molar-refractivity contribution in [3.8, 4) is 0 Å². The summed E-state index contributed by atoms with van der Waals surface area (Å²) >= 11 is 1.35. The first-order valence-electron chi connectivity index (χ1n) is 8.91. The monoisotopic (exact) mass is 411 g/mol. The first kappa shape index (κ1) is 23.3. The molecular formula is C17H27N6O4S. The highest BCUT2D eigenvalue weighted by molar-refractivity contribution is 7.13. The predicted molar refractivity (Wildman–Crippen MR) is 107 cm³/mol. The molecule has 1 aromatic heterocycles. The third-order valence-electron chi connectivity index (χ3n) is 3.59. The Morgan fingerprint density at radius 1 is 1.36 bits per heavy atom. The van der Waals surface area contributed by atoms with Crippen molar-refractivity contribution in [2.75, 3.05) is 6.54 Å². The fraction of sp³-hybridized carbons (Fsp3) is 0.529. The van der Waals surface area contributed by atoms with Gasteiger partial charge in [-0.25, -0.2) is 10.1 Å². The smallest absolute Gasteiger partial charge is 0.262 e. The molecule has 11 heteroatoms. The number of nitrogens with one attached hydrogen (secondary N) is 5. The molecule has 1 rings (SSSR count). The molecule has 0 spiro atoms. The topological polar surface area (TPSA) is 149 Å². The Morgan fingerprint density at radius 3 is 2.64 bits per heavy atom. The number of nitrogens with zero attached hydrogens (tertiary/aromatic N) is 1. The Hall–Kier alpha value is -2.69. The molecule has 0 aromatic carbocycles. The molecule has 5 N–H and O–H groups in total. The maximum atomic E-state index is 12.5. The van der Waals surface area contributed by atoms with Crippen LogP contribution in [0.15, 0.2) is 12.1 Å². The molecule has 1 radical (unpaired) electrons. The van der Waals surface area contributed by atoms with Crippen LogP contribution in [0.4, 0.5) is 0 Å². The van der Waals surface area contributed by atoms with Crippen LogP contribution in [0, 0.1) is 34.9 Å². The van der Waals surface area contributed by atoms with Gasteiger partial charge in [-0.2, -0.15) is 0 Å². The van der Waals surface area contributed by atoms with E-state index in [1.54, 1.807) is 18.0 Å². The minimum atomic E-state index is -0.834. The Balaban J connectivity index is 2.58. The highest BCUT2D eigenvalue weighted by Gasteiger charge is 2.22. The van der Waals surface area contributed by atoms with Gasteiger partial charge in [-0.05, 0) is 44.2 Å². The number of hydrazine groups is 1. The molecule has 0 aliphatic carbocycles. The number of guanidine groups is 1. The van der Waals surface area contributed by atoms with Crippen LogP contribution in [0.2, 0.25) is 0 Å². The molecule has 0 saturated heterocycles. The summed E-state index contributed by atoms with van der Waals surface area (Å²) in [5.74, 6) is -0.681. The predicted octanol–water partition coefficient (Wildman–Crippen LogP) is 1.56. The third-order valence-corrected chi connectivity index (χ3v) is 4.59. The summed E-state index contributed by atoms with van der Waals surface area (Å²) in [4.78, 5) is 36.6. The van der Waals surface area contributed by atoms with Crippen LogP contribution in [0.25, 0.3) is 0 Å². The molecule has 0 fully saturated rings. The van der Waals surface area contributed by atoms with Crippen LogP contribution >= 0.6 is 11.3 Å². The zero-order valence-corrected chi connectivity index (χ0v) is 17.0. The average molecular weight is 412 g/mol. The van der Waals surface area contributed by atoms with Gasteiger partial charge in [0.2, 0.25) is 5.91 Å². The van der Waals surface area contributed by atoms with E-state index in [-0.39, 0.29) is 18.4 Å². The van der Waals surface area contributed by atoms with Gasteiger partial charge in [0, 0.05) is 18.0 Å². The number of amides is 2. The SMILES string of the molecule is Cc1ccc(C(=O)N[C@@H](CCCNC(=N)N[N+](=O)[O-])C(=O)N[CH]CC(C)C)s1. The molecule has 1 atom stereocenters. The fourth-order valence-corrected chi connectivity index (χ4v) is 2.97. The van der Waals surface area contributed by atoms with Crippen LogP contribution < -0.4 is 21.4 Å². The van der Waals surface area contributed by atoms with Crippen LogP contribution in [0.3, 0.4) is 0 Å². The van der Waals surface area contributed by atoms with Crippen molar-refractivity contribution in [1.29, 1.82) is 5.41 Å². The van der Waals surface area contributed by atoms with Crippen molar-refractivity contribution < 1.29 is 14.6 Å². The number of hydrogen-bond acceptors (Lipinski definition) is 6. The van der Waals surface area contributed by atoms with Crippen molar-refractivity contribution in [2.24, 2.45) is 5.92 Å². The van der Waals surface area contributed by atoms with Gasteiger partial charge in [-0.3, -0.25) is 15.0 Å². The maximum absolute atomic E-state index is 12.5. The van der Waals surface area contributed by atoms with Crippen LogP contribution in [-0.2, 0) is 4.79 Å². The zero-order chi connectivity index (χ0) is 21.1. The van der Waals surface area contributed by atoms with Crippen molar-refractivity contribution >= 4 is 29.1 Å². The Morgan fingerprint density at radius 2 is 2.07 bits per heavy atom. The summed E-state index contributed by atoms with van der Waals surface area (Å²) in [7, 11) is 0. The standard InChI is InChI=1S/C17H27N6O4S/c1-11(2)8-10-19-15(24)13(5-4-9-20-17(18)22-23(26)27)21-16(25)14-7-6-12(3)28-14/h6-7,10-11,13H,4-5,8-9H2,1-3H3,(H,19,24)(H,21,25)(H3,18,20,22)/t13-/m0/s1. The minimum absolute atomic E-state index is 0.243. The summed E-state index contributed by atoms with van der Waals surface area (Å²) in [6.07, 6.45) is 1.45. The number of aryl methyl sites for hydroxylation is 1. The van der Waals surface area contributed by atoms with Crippen molar-refractivity contribution in [3.63, 3.8) is 0 Å². The number of thiophene rings is 1. The van der Waals surface area contributed by atoms with Crippen LogP contribution in [0.5, 0.6) is 0 Å². The van der Waals surface area contributed by atoms with Crippen LogP contribution in [0.1, 0.15) is 47.7 Å². The van der Waals surface area contributed by atoms with E-state index in [0.717, 1.165) is 4.88 Å². The van der Waals surface area contributed by atoms with Gasteiger partial charge in [0.05, 0.1) is 4.88 Å². The lowest BCUT2D eigenvalue weighted by Crippen LogP contribution is -2.46. The first-order valence-corrected chi connectivity index (χ1v) is 9.73. The van der Waals surface area contributed by atoms with E-state index in [9.17, 15) is 19.7 Å². The lowest BCUT2D eigenvalue weighted by Gasteiger charge is -2.18. The summed E-state index contributed by atoms with van der Waals surface area (Å²) < 4.78 is 0. The number of carbonyl (C=O) groups is 2. The number of carbonyl (C=O) groups excluding carboxylic acids is 2. The summed E-state index contributed by atoms with van der Waals surface area (Å²) in [5, 5.41) is 24.7. The second kappa shape index (κ2) is 11.9. The van der Waals surface area contributed by atoms with Gasteiger partial charge >= 0.3 is 0 Å². The van der Waals surface area contributed by atoms with Gasteiger partial charge in [-0.15, -0.1) is 11.3 Å². The first-order chi connectivity index (χ1) is 13.2. The molecule has 1 heterocycles. The molecular weight excluding hydrogens is 384 g/mol. The summed E-state index contributed by atoms with van der Waals surface area (Å²) in [6, 6.07) is 2.79. The maximum Gasteiger partial charge on any atom is 0.262 e. The molecule has 0 unspecified atom stereocenters. The van der Waals surface area contributed by atoms with Crippen molar-refractivity contribution in [1.82, 2.24) is 21.4 Å². The largest absolute Gasteiger partial charge is 0.352 e. The van der Waals surface area contributed by atoms with E-state index in [0.29, 0.717) is 30.1 Å².